The fraction of sp³-hybridized carbons (Fsp3) is 0.200. The fourth-order valence-electron chi connectivity index (χ4n) is 3.02. The van der Waals surface area contributed by atoms with Gasteiger partial charge >= 0.3 is 0 Å². The lowest BCUT2D eigenvalue weighted by atomic mass is 10.1. The van der Waals surface area contributed by atoms with E-state index >= 15 is 0 Å². The lowest BCUT2D eigenvalue weighted by molar-refractivity contribution is 0.698. The molecule has 0 radical (unpaired) electrons. The molecule has 0 unspecified atom stereocenters. The van der Waals surface area contributed by atoms with Crippen LogP contribution in [0.15, 0.2) is 66.1 Å². The molecule has 1 aliphatic heterocycles. The molecule has 2 heterocycles. The van der Waals surface area contributed by atoms with E-state index in [0.29, 0.717) is 0 Å². The SMILES string of the molecule is C1=CCN(c2ccc(CNCc3csc4ccccc34)cc2)C1. The summed E-state index contributed by atoms with van der Waals surface area (Å²) in [5.74, 6) is 0. The molecule has 2 aromatic carbocycles. The minimum absolute atomic E-state index is 0.905. The van der Waals surface area contributed by atoms with Crippen molar-refractivity contribution >= 4 is 27.1 Å². The van der Waals surface area contributed by atoms with Crippen LogP contribution >= 0.6 is 11.3 Å². The third-order valence-electron chi connectivity index (χ3n) is 4.33. The average Bonchev–Trinajstić information content (AvgIpc) is 3.26. The van der Waals surface area contributed by atoms with Gasteiger partial charge < -0.3 is 10.2 Å². The van der Waals surface area contributed by atoms with Crippen LogP contribution in [0.2, 0.25) is 0 Å². The molecule has 0 spiro atoms. The molecule has 2 nitrogen and oxygen atoms in total. The standard InChI is InChI=1S/C20H20N2S/c1-2-6-20-19(5-1)17(15-23-20)14-21-13-16-7-9-18(10-8-16)22-11-3-4-12-22/h1-10,15,21H,11-14H2. The van der Waals surface area contributed by atoms with Gasteiger partial charge in [0.25, 0.3) is 0 Å². The maximum absolute atomic E-state index is 3.57. The minimum Gasteiger partial charge on any atom is -0.364 e. The topological polar surface area (TPSA) is 15.3 Å². The van der Waals surface area contributed by atoms with Crippen LogP contribution in [0.25, 0.3) is 10.1 Å². The molecule has 23 heavy (non-hydrogen) atoms. The molecule has 0 saturated carbocycles. The van der Waals surface area contributed by atoms with Crippen molar-refractivity contribution in [2.24, 2.45) is 0 Å². The van der Waals surface area contributed by atoms with Gasteiger partial charge in [0.05, 0.1) is 0 Å². The normalized spacial score (nSPS) is 14.0. The predicted octanol–water partition coefficient (Wildman–Crippen LogP) is 4.57. The number of benzene rings is 2. The van der Waals surface area contributed by atoms with Gasteiger partial charge in [0.1, 0.15) is 0 Å². The molecule has 1 N–H and O–H groups in total. The van der Waals surface area contributed by atoms with Crippen molar-refractivity contribution in [3.05, 3.63) is 77.2 Å². The van der Waals surface area contributed by atoms with Gasteiger partial charge in [0, 0.05) is 36.6 Å². The van der Waals surface area contributed by atoms with E-state index in [4.69, 9.17) is 0 Å². The summed E-state index contributed by atoms with van der Waals surface area (Å²) >= 11 is 1.82. The second kappa shape index (κ2) is 6.57. The predicted molar refractivity (Wildman–Crippen MR) is 100 cm³/mol. The van der Waals surface area contributed by atoms with Gasteiger partial charge in [-0.25, -0.2) is 0 Å². The third kappa shape index (κ3) is 3.16. The third-order valence-corrected chi connectivity index (χ3v) is 5.34. The second-order valence-corrected chi connectivity index (χ2v) is 6.81. The Bertz CT molecular complexity index is 809. The molecule has 116 valence electrons. The maximum Gasteiger partial charge on any atom is 0.0372 e. The van der Waals surface area contributed by atoms with E-state index in [0.717, 1.165) is 26.2 Å². The van der Waals surface area contributed by atoms with Crippen LogP contribution in [0.3, 0.4) is 0 Å². The highest BCUT2D eigenvalue weighted by atomic mass is 32.1. The van der Waals surface area contributed by atoms with E-state index < -0.39 is 0 Å². The van der Waals surface area contributed by atoms with Gasteiger partial charge in [-0.3, -0.25) is 0 Å². The number of fused-ring (bicyclic) bond motifs is 1. The molecule has 3 heteroatoms. The van der Waals surface area contributed by atoms with E-state index in [1.807, 2.05) is 11.3 Å². The highest BCUT2D eigenvalue weighted by Gasteiger charge is 2.07. The summed E-state index contributed by atoms with van der Waals surface area (Å²) in [7, 11) is 0. The Morgan fingerprint density at radius 3 is 2.52 bits per heavy atom. The van der Waals surface area contributed by atoms with Crippen molar-refractivity contribution in [3.8, 4) is 0 Å². The Labute approximate surface area is 141 Å². The van der Waals surface area contributed by atoms with Crippen LogP contribution < -0.4 is 10.2 Å². The van der Waals surface area contributed by atoms with Crippen LogP contribution in [0.5, 0.6) is 0 Å². The largest absolute Gasteiger partial charge is 0.364 e. The zero-order valence-electron chi connectivity index (χ0n) is 13.0. The molecule has 0 amide bonds. The molecule has 0 fully saturated rings. The molecule has 1 aromatic heterocycles. The quantitative estimate of drug-likeness (QED) is 0.693. The van der Waals surface area contributed by atoms with Crippen molar-refractivity contribution in [2.45, 2.75) is 13.1 Å². The number of nitrogens with one attached hydrogen (secondary N) is 1. The molecule has 0 saturated heterocycles. The van der Waals surface area contributed by atoms with Gasteiger partial charge in [0.2, 0.25) is 0 Å². The molecule has 0 bridgehead atoms. The Morgan fingerprint density at radius 1 is 0.913 bits per heavy atom. The molecule has 1 aliphatic rings. The Morgan fingerprint density at radius 2 is 1.70 bits per heavy atom. The van der Waals surface area contributed by atoms with Gasteiger partial charge in [-0.1, -0.05) is 42.5 Å². The first-order valence-electron chi connectivity index (χ1n) is 8.05. The van der Waals surface area contributed by atoms with Gasteiger partial charge in [-0.2, -0.15) is 0 Å². The summed E-state index contributed by atoms with van der Waals surface area (Å²) in [6.45, 7) is 3.89. The first kappa shape index (κ1) is 14.5. The van der Waals surface area contributed by atoms with Crippen LogP contribution in [-0.2, 0) is 13.1 Å². The van der Waals surface area contributed by atoms with E-state index in [9.17, 15) is 0 Å². The number of rotatable bonds is 5. The highest BCUT2D eigenvalue weighted by Crippen LogP contribution is 2.25. The van der Waals surface area contributed by atoms with Crippen molar-refractivity contribution in [3.63, 3.8) is 0 Å². The van der Waals surface area contributed by atoms with Crippen LogP contribution in [0.1, 0.15) is 11.1 Å². The van der Waals surface area contributed by atoms with Crippen LogP contribution in [0.4, 0.5) is 5.69 Å². The van der Waals surface area contributed by atoms with Crippen LogP contribution in [0, 0.1) is 0 Å². The summed E-state index contributed by atoms with van der Waals surface area (Å²) in [5, 5.41) is 7.21. The van der Waals surface area contributed by atoms with Crippen LogP contribution in [-0.4, -0.2) is 13.1 Å². The van der Waals surface area contributed by atoms with Crippen molar-refractivity contribution in [2.75, 3.05) is 18.0 Å². The Kier molecular flexibility index (Phi) is 4.14. The van der Waals surface area contributed by atoms with E-state index in [1.54, 1.807) is 0 Å². The van der Waals surface area contributed by atoms with Crippen molar-refractivity contribution in [1.29, 1.82) is 0 Å². The van der Waals surface area contributed by atoms with Gasteiger partial charge in [-0.15, -0.1) is 11.3 Å². The second-order valence-electron chi connectivity index (χ2n) is 5.90. The zero-order chi connectivity index (χ0) is 15.5. The number of anilines is 1. The smallest absolute Gasteiger partial charge is 0.0372 e. The van der Waals surface area contributed by atoms with Crippen molar-refractivity contribution in [1.82, 2.24) is 5.32 Å². The summed E-state index contributed by atoms with van der Waals surface area (Å²) < 4.78 is 1.37. The first-order chi connectivity index (χ1) is 11.4. The number of hydrogen-bond acceptors (Lipinski definition) is 3. The summed E-state index contributed by atoms with van der Waals surface area (Å²) in [6, 6.07) is 17.5. The highest BCUT2D eigenvalue weighted by molar-refractivity contribution is 7.17. The molecule has 0 aliphatic carbocycles. The van der Waals surface area contributed by atoms with E-state index in [1.165, 1.54) is 26.9 Å². The van der Waals surface area contributed by atoms with Gasteiger partial charge in [0.15, 0.2) is 0 Å². The summed E-state index contributed by atoms with van der Waals surface area (Å²) in [4.78, 5) is 2.37. The van der Waals surface area contributed by atoms with E-state index in [-0.39, 0.29) is 0 Å². The minimum atomic E-state index is 0.905. The lowest BCUT2D eigenvalue weighted by Crippen LogP contribution is -2.18. The molecule has 3 aromatic rings. The molecular weight excluding hydrogens is 300 g/mol. The summed E-state index contributed by atoms with van der Waals surface area (Å²) in [5.41, 5.74) is 4.04. The molecule has 0 atom stereocenters. The van der Waals surface area contributed by atoms with Crippen molar-refractivity contribution < 1.29 is 0 Å². The Hall–Kier alpha value is -2.10. The molecular formula is C20H20N2S. The average molecular weight is 320 g/mol. The first-order valence-corrected chi connectivity index (χ1v) is 8.93. The monoisotopic (exact) mass is 320 g/mol. The fourth-order valence-corrected chi connectivity index (χ4v) is 3.99. The number of nitrogens with zero attached hydrogens (tertiary/aromatic N) is 1. The van der Waals surface area contributed by atoms with E-state index in [2.05, 4.69) is 76.3 Å². The molecule has 4 rings (SSSR count). The number of hydrogen-bond donors (Lipinski definition) is 1. The lowest BCUT2D eigenvalue weighted by Gasteiger charge is -2.17. The summed E-state index contributed by atoms with van der Waals surface area (Å²) in [6.07, 6.45) is 4.45. The number of thiophene rings is 1. The maximum atomic E-state index is 3.57. The zero-order valence-corrected chi connectivity index (χ0v) is 13.9. The Balaban J connectivity index is 1.35. The van der Waals surface area contributed by atoms with Gasteiger partial charge in [-0.05, 0) is 40.1 Å².